The van der Waals surface area contributed by atoms with Crippen molar-refractivity contribution in [2.24, 2.45) is 0 Å². The van der Waals surface area contributed by atoms with Crippen LogP contribution in [0.4, 0.5) is 0 Å². The van der Waals surface area contributed by atoms with Crippen LogP contribution in [0, 0.1) is 6.92 Å². The van der Waals surface area contributed by atoms with Crippen molar-refractivity contribution in [2.75, 3.05) is 0 Å². The third-order valence-electron chi connectivity index (χ3n) is 8.33. The highest BCUT2D eigenvalue weighted by Gasteiger charge is 2.17. The fraction of sp³-hybridized carbons (Fsp3) is 0.442. The summed E-state index contributed by atoms with van der Waals surface area (Å²) in [6.45, 7) is 13.0. The van der Waals surface area contributed by atoms with E-state index in [0.717, 1.165) is 19.3 Å². The Kier molecular flexibility index (Phi) is 21.2. The molecular formula is C43H62O4. The van der Waals surface area contributed by atoms with Crippen LogP contribution >= 0.6 is 0 Å². The van der Waals surface area contributed by atoms with Gasteiger partial charge in [0.05, 0.1) is 0 Å². The largest absolute Gasteiger partial charge is 0.508 e. The first-order valence-electron chi connectivity index (χ1n) is 17.6. The molecule has 0 fully saturated rings. The molecule has 4 rings (SSSR count). The summed E-state index contributed by atoms with van der Waals surface area (Å²) in [5.74, 6) is 1.38. The van der Waals surface area contributed by atoms with Gasteiger partial charge in [0.2, 0.25) is 0 Å². The van der Waals surface area contributed by atoms with Crippen molar-refractivity contribution in [2.45, 2.75) is 124 Å². The average Bonchev–Trinajstić information content (AvgIpc) is 3.07. The summed E-state index contributed by atoms with van der Waals surface area (Å²) in [4.78, 5) is 0. The van der Waals surface area contributed by atoms with Crippen LogP contribution in [-0.4, -0.2) is 20.4 Å². The van der Waals surface area contributed by atoms with E-state index in [-0.39, 0.29) is 5.41 Å². The molecule has 0 aromatic heterocycles. The first kappa shape index (κ1) is 41.1. The third-order valence-corrected chi connectivity index (χ3v) is 8.33. The van der Waals surface area contributed by atoms with Crippen LogP contribution in [-0.2, 0) is 18.3 Å². The van der Waals surface area contributed by atoms with Gasteiger partial charge < -0.3 is 20.4 Å². The molecule has 4 aromatic rings. The number of hydrogen-bond donors (Lipinski definition) is 4. The highest BCUT2D eigenvalue weighted by atomic mass is 16.3. The van der Waals surface area contributed by atoms with Crippen LogP contribution < -0.4 is 0 Å². The zero-order chi connectivity index (χ0) is 34.9. The molecule has 0 radical (unpaired) electrons. The lowest BCUT2D eigenvalue weighted by Crippen LogP contribution is -2.14. The summed E-state index contributed by atoms with van der Waals surface area (Å²) in [6, 6.07) is 29.6. The van der Waals surface area contributed by atoms with E-state index in [0.29, 0.717) is 23.0 Å². The molecule has 258 valence electrons. The van der Waals surface area contributed by atoms with Gasteiger partial charge >= 0.3 is 0 Å². The van der Waals surface area contributed by atoms with Gasteiger partial charge in [0.1, 0.15) is 23.0 Å². The van der Waals surface area contributed by atoms with E-state index in [9.17, 15) is 0 Å². The molecule has 0 aliphatic rings. The smallest absolute Gasteiger partial charge is 0.115 e. The number of hydrogen-bond acceptors (Lipinski definition) is 4. The van der Waals surface area contributed by atoms with Crippen LogP contribution in [0.15, 0.2) is 97.1 Å². The van der Waals surface area contributed by atoms with Gasteiger partial charge in [0, 0.05) is 0 Å². The van der Waals surface area contributed by atoms with E-state index >= 15 is 0 Å². The van der Waals surface area contributed by atoms with Crippen molar-refractivity contribution in [3.63, 3.8) is 0 Å². The number of aryl methyl sites for hydroxylation is 3. The lowest BCUT2D eigenvalue weighted by Gasteiger charge is -2.22. The maximum Gasteiger partial charge on any atom is 0.115 e. The second-order valence-corrected chi connectivity index (χ2v) is 12.9. The average molecular weight is 643 g/mol. The summed E-state index contributed by atoms with van der Waals surface area (Å²) in [6.07, 6.45) is 15.3. The maximum atomic E-state index is 9.15. The minimum absolute atomic E-state index is 0.216. The number of benzene rings is 4. The molecule has 4 aromatic carbocycles. The molecule has 47 heavy (non-hydrogen) atoms. The minimum atomic E-state index is 0.216. The first-order valence-corrected chi connectivity index (χ1v) is 17.6. The normalized spacial score (nSPS) is 10.4. The Labute approximate surface area is 286 Å². The maximum absolute atomic E-state index is 9.15. The topological polar surface area (TPSA) is 80.9 Å². The van der Waals surface area contributed by atoms with Crippen LogP contribution in [0.5, 0.6) is 23.0 Å². The fourth-order valence-corrected chi connectivity index (χ4v) is 4.65. The minimum Gasteiger partial charge on any atom is -0.508 e. The molecule has 0 bridgehead atoms. The zero-order valence-electron chi connectivity index (χ0n) is 30.0. The van der Waals surface area contributed by atoms with Gasteiger partial charge in [-0.2, -0.15) is 0 Å². The third kappa shape index (κ3) is 20.0. The van der Waals surface area contributed by atoms with E-state index in [1.54, 1.807) is 48.5 Å². The molecule has 0 aliphatic carbocycles. The summed E-state index contributed by atoms with van der Waals surface area (Å²) in [7, 11) is 0. The summed E-state index contributed by atoms with van der Waals surface area (Å²) in [5, 5.41) is 36.0. The van der Waals surface area contributed by atoms with Gasteiger partial charge in [-0.15, -0.1) is 0 Å². The molecule has 4 N–H and O–H groups in total. The standard InChI is InChI=1S/C15H24O.C11H16O.C10H14O.C7H8O/c1-2-3-4-5-6-7-8-9-14-10-12-15(16)13-11-14;1-4-11(2,3)9-5-7-10(12)8-6-9;1-2-3-4-9-5-7-10(11)8-6-9;1-6-2-4-7(8)5-3-6/h10-13,16H,2-9H2,1H3;5-8,12H,4H2,1-3H3;5-8,11H,2-4H2,1H3;2-5,8H,1H3. The predicted octanol–water partition coefficient (Wildman–Crippen LogP) is 12.2. The van der Waals surface area contributed by atoms with E-state index in [4.69, 9.17) is 20.4 Å². The molecule has 4 heteroatoms. The second kappa shape index (κ2) is 24.3. The van der Waals surface area contributed by atoms with Gasteiger partial charge in [0.15, 0.2) is 0 Å². The number of rotatable bonds is 13. The second-order valence-electron chi connectivity index (χ2n) is 12.9. The molecule has 0 spiro atoms. The van der Waals surface area contributed by atoms with E-state index in [2.05, 4.69) is 34.6 Å². The predicted molar refractivity (Wildman–Crippen MR) is 201 cm³/mol. The Morgan fingerprint density at radius 2 is 0.766 bits per heavy atom. The molecular weight excluding hydrogens is 580 g/mol. The summed E-state index contributed by atoms with van der Waals surface area (Å²) < 4.78 is 0. The molecule has 0 heterocycles. The van der Waals surface area contributed by atoms with Crippen LogP contribution in [0.3, 0.4) is 0 Å². The van der Waals surface area contributed by atoms with Crippen molar-refractivity contribution in [1.82, 2.24) is 0 Å². The molecule has 0 unspecified atom stereocenters. The lowest BCUT2D eigenvalue weighted by atomic mass is 9.82. The molecule has 4 nitrogen and oxygen atoms in total. The Bertz CT molecular complexity index is 1270. The van der Waals surface area contributed by atoms with Gasteiger partial charge in [0.25, 0.3) is 0 Å². The number of phenolic OH excluding ortho intramolecular Hbond substituents is 4. The van der Waals surface area contributed by atoms with Crippen molar-refractivity contribution in [3.8, 4) is 23.0 Å². The summed E-state index contributed by atoms with van der Waals surface area (Å²) in [5.41, 5.74) is 5.31. The highest BCUT2D eigenvalue weighted by molar-refractivity contribution is 5.30. The van der Waals surface area contributed by atoms with E-state index < -0.39 is 0 Å². The lowest BCUT2D eigenvalue weighted by molar-refractivity contribution is 0.471. The Morgan fingerprint density at radius 3 is 1.15 bits per heavy atom. The van der Waals surface area contributed by atoms with Crippen LogP contribution in [0.25, 0.3) is 0 Å². The molecule has 0 aliphatic heterocycles. The zero-order valence-corrected chi connectivity index (χ0v) is 30.0. The molecule has 0 amide bonds. The van der Waals surface area contributed by atoms with Gasteiger partial charge in [-0.3, -0.25) is 0 Å². The highest BCUT2D eigenvalue weighted by Crippen LogP contribution is 2.27. The summed E-state index contributed by atoms with van der Waals surface area (Å²) >= 11 is 0. The SMILES string of the molecule is CCC(C)(C)c1ccc(O)cc1.CCCCCCCCCc1ccc(O)cc1.CCCCc1ccc(O)cc1.Cc1ccc(O)cc1. The fourth-order valence-electron chi connectivity index (χ4n) is 4.65. The van der Waals surface area contributed by atoms with Crippen molar-refractivity contribution < 1.29 is 20.4 Å². The monoisotopic (exact) mass is 642 g/mol. The van der Waals surface area contributed by atoms with E-state index in [1.807, 2.05) is 55.5 Å². The Hall–Kier alpha value is -3.92. The molecule has 0 atom stereocenters. The molecule has 0 saturated heterocycles. The van der Waals surface area contributed by atoms with Crippen molar-refractivity contribution in [3.05, 3.63) is 119 Å². The van der Waals surface area contributed by atoms with Crippen molar-refractivity contribution >= 4 is 0 Å². The number of aromatic hydroxyl groups is 4. The quantitative estimate of drug-likeness (QED) is 0.109. The Morgan fingerprint density at radius 1 is 0.426 bits per heavy atom. The number of unbranched alkanes of at least 4 members (excludes halogenated alkanes) is 7. The van der Waals surface area contributed by atoms with Gasteiger partial charge in [-0.25, -0.2) is 0 Å². The van der Waals surface area contributed by atoms with E-state index in [1.165, 1.54) is 80.0 Å². The van der Waals surface area contributed by atoms with Crippen LogP contribution in [0.1, 0.15) is 121 Å². The van der Waals surface area contributed by atoms with Gasteiger partial charge in [-0.05, 0) is 110 Å². The van der Waals surface area contributed by atoms with Gasteiger partial charge in [-0.1, -0.05) is 134 Å². The number of phenols is 4. The molecule has 0 saturated carbocycles. The first-order chi connectivity index (χ1) is 22.5. The van der Waals surface area contributed by atoms with Crippen LogP contribution in [0.2, 0.25) is 0 Å². The Balaban J connectivity index is 0.000000322. The van der Waals surface area contributed by atoms with Crippen molar-refractivity contribution in [1.29, 1.82) is 0 Å².